The second-order valence-electron chi connectivity index (χ2n) is 4.94. The van der Waals surface area contributed by atoms with Crippen molar-refractivity contribution in [1.29, 1.82) is 0 Å². The number of anilines is 1. The van der Waals surface area contributed by atoms with Crippen LogP contribution in [0.4, 0.5) is 10.1 Å². The molecule has 0 aliphatic rings. The zero-order chi connectivity index (χ0) is 17.4. The number of benzene rings is 2. The summed E-state index contributed by atoms with van der Waals surface area (Å²) >= 11 is 0. The van der Waals surface area contributed by atoms with Crippen molar-refractivity contribution >= 4 is 23.6 Å². The van der Waals surface area contributed by atoms with Gasteiger partial charge in [0.25, 0.3) is 0 Å². The molecule has 0 atom stereocenters. The van der Waals surface area contributed by atoms with E-state index in [0.717, 1.165) is 0 Å². The maximum Gasteiger partial charge on any atom is 0.248 e. The smallest absolute Gasteiger partial charge is 0.248 e. The summed E-state index contributed by atoms with van der Waals surface area (Å²) in [6.07, 6.45) is 3.01. The molecule has 3 N–H and O–H groups in total. The zero-order valence-electron chi connectivity index (χ0n) is 12.9. The zero-order valence-corrected chi connectivity index (χ0v) is 12.9. The van der Waals surface area contributed by atoms with Crippen LogP contribution in [0.2, 0.25) is 0 Å². The van der Waals surface area contributed by atoms with Gasteiger partial charge in [-0.15, -0.1) is 0 Å². The van der Waals surface area contributed by atoms with Gasteiger partial charge in [-0.25, -0.2) is 4.39 Å². The van der Waals surface area contributed by atoms with E-state index in [2.05, 4.69) is 5.32 Å². The van der Waals surface area contributed by atoms with Gasteiger partial charge < -0.3 is 15.8 Å². The Hall–Kier alpha value is -3.15. The van der Waals surface area contributed by atoms with E-state index in [1.54, 1.807) is 42.5 Å². The third-order valence-electron chi connectivity index (χ3n) is 3.05. The van der Waals surface area contributed by atoms with E-state index >= 15 is 0 Å². The second-order valence-corrected chi connectivity index (χ2v) is 4.94. The molecule has 2 rings (SSSR count). The Labute approximate surface area is 138 Å². The first-order valence-corrected chi connectivity index (χ1v) is 7.29. The lowest BCUT2D eigenvalue weighted by molar-refractivity contribution is -0.118. The number of nitrogens with two attached hydrogens (primary N) is 1. The van der Waals surface area contributed by atoms with E-state index in [4.69, 9.17) is 10.5 Å². The minimum Gasteiger partial charge on any atom is -0.491 e. The molecule has 2 aromatic carbocycles. The number of primary amides is 1. The van der Waals surface area contributed by atoms with Crippen molar-refractivity contribution in [3.8, 4) is 5.75 Å². The molecule has 0 spiro atoms. The molecule has 0 saturated carbocycles. The molecule has 0 fully saturated rings. The molecule has 0 bridgehead atoms. The highest BCUT2D eigenvalue weighted by Gasteiger charge is 2.06. The molecule has 0 saturated heterocycles. The summed E-state index contributed by atoms with van der Waals surface area (Å²) in [6, 6.07) is 12.6. The Morgan fingerprint density at radius 1 is 1.12 bits per heavy atom. The molecule has 2 amide bonds. The molecule has 0 unspecified atom stereocenters. The van der Waals surface area contributed by atoms with Crippen LogP contribution >= 0.6 is 0 Å². The molecule has 24 heavy (non-hydrogen) atoms. The van der Waals surface area contributed by atoms with Gasteiger partial charge in [-0.1, -0.05) is 24.3 Å². The maximum absolute atomic E-state index is 12.8. The number of ether oxygens (including phenoxy) is 1. The Morgan fingerprint density at radius 2 is 1.83 bits per heavy atom. The van der Waals surface area contributed by atoms with Crippen molar-refractivity contribution in [2.75, 3.05) is 11.9 Å². The van der Waals surface area contributed by atoms with Crippen LogP contribution in [0.5, 0.6) is 5.75 Å². The number of amides is 2. The van der Waals surface area contributed by atoms with Crippen LogP contribution < -0.4 is 15.8 Å². The minimum atomic E-state index is -0.459. The number of para-hydroxylation sites is 2. The van der Waals surface area contributed by atoms with Gasteiger partial charge in [-0.05, 0) is 35.9 Å². The van der Waals surface area contributed by atoms with Crippen molar-refractivity contribution in [2.24, 2.45) is 5.73 Å². The van der Waals surface area contributed by atoms with Crippen molar-refractivity contribution in [3.05, 3.63) is 66.0 Å². The average Bonchev–Trinajstić information content (AvgIpc) is 2.55. The molecular formula is C18H17FN2O3. The number of nitrogens with one attached hydrogen (secondary N) is 1. The molecule has 0 radical (unpaired) electrons. The summed E-state index contributed by atoms with van der Waals surface area (Å²) in [7, 11) is 0. The van der Waals surface area contributed by atoms with Gasteiger partial charge in [0.15, 0.2) is 0 Å². The van der Waals surface area contributed by atoms with Crippen molar-refractivity contribution < 1.29 is 18.7 Å². The summed E-state index contributed by atoms with van der Waals surface area (Å²) < 4.78 is 18.3. The fourth-order valence-electron chi connectivity index (χ4n) is 1.88. The van der Waals surface area contributed by atoms with E-state index < -0.39 is 5.91 Å². The first-order chi connectivity index (χ1) is 11.5. The molecule has 0 aliphatic carbocycles. The van der Waals surface area contributed by atoms with E-state index in [-0.39, 0.29) is 24.8 Å². The fourth-order valence-corrected chi connectivity index (χ4v) is 1.88. The van der Waals surface area contributed by atoms with Gasteiger partial charge in [0.1, 0.15) is 11.6 Å². The number of carbonyl (C=O) groups is 2. The highest BCUT2D eigenvalue weighted by molar-refractivity contribution is 6.02. The number of carbonyl (C=O) groups excluding carboxylic acids is 2. The third-order valence-corrected chi connectivity index (χ3v) is 3.05. The number of rotatable bonds is 7. The Kier molecular flexibility index (Phi) is 6.08. The maximum atomic E-state index is 12.8. The van der Waals surface area contributed by atoms with Crippen molar-refractivity contribution in [2.45, 2.75) is 6.42 Å². The SMILES string of the molecule is NC(=O)CCOc1ccccc1NC(=O)C=Cc1ccc(F)cc1. The highest BCUT2D eigenvalue weighted by Crippen LogP contribution is 2.23. The van der Waals surface area contributed by atoms with Crippen LogP contribution in [0.15, 0.2) is 54.6 Å². The van der Waals surface area contributed by atoms with Crippen LogP contribution in [0.3, 0.4) is 0 Å². The normalized spacial score (nSPS) is 10.5. The summed E-state index contributed by atoms with van der Waals surface area (Å²) in [4.78, 5) is 22.7. The predicted octanol–water partition coefficient (Wildman–Crippen LogP) is 2.73. The molecule has 5 nitrogen and oxygen atoms in total. The van der Waals surface area contributed by atoms with Gasteiger partial charge >= 0.3 is 0 Å². The van der Waals surface area contributed by atoms with Crippen molar-refractivity contribution in [3.63, 3.8) is 0 Å². The monoisotopic (exact) mass is 328 g/mol. The van der Waals surface area contributed by atoms with E-state index in [1.807, 2.05) is 0 Å². The lowest BCUT2D eigenvalue weighted by Crippen LogP contribution is -2.15. The lowest BCUT2D eigenvalue weighted by atomic mass is 10.2. The quantitative estimate of drug-likeness (QED) is 0.767. The van der Waals surface area contributed by atoms with Crippen LogP contribution in [0.25, 0.3) is 6.08 Å². The van der Waals surface area contributed by atoms with Gasteiger partial charge in [-0.2, -0.15) is 0 Å². The van der Waals surface area contributed by atoms with Crippen molar-refractivity contribution in [1.82, 2.24) is 0 Å². The van der Waals surface area contributed by atoms with Gasteiger partial charge in [0.2, 0.25) is 11.8 Å². The largest absolute Gasteiger partial charge is 0.491 e. The van der Waals surface area contributed by atoms with E-state index in [9.17, 15) is 14.0 Å². The Morgan fingerprint density at radius 3 is 2.54 bits per heavy atom. The van der Waals surface area contributed by atoms with E-state index in [0.29, 0.717) is 17.0 Å². The summed E-state index contributed by atoms with van der Waals surface area (Å²) in [5, 5.41) is 2.69. The van der Waals surface area contributed by atoms with E-state index in [1.165, 1.54) is 18.2 Å². The molecule has 2 aromatic rings. The summed E-state index contributed by atoms with van der Waals surface area (Å²) in [6.45, 7) is 0.133. The van der Waals surface area contributed by atoms with Gasteiger partial charge in [-0.3, -0.25) is 9.59 Å². The molecular weight excluding hydrogens is 311 g/mol. The fraction of sp³-hybridized carbons (Fsp3) is 0.111. The third kappa shape index (κ3) is 5.57. The molecule has 0 heterocycles. The highest BCUT2D eigenvalue weighted by atomic mass is 19.1. The summed E-state index contributed by atoms with van der Waals surface area (Å²) in [5.41, 5.74) is 6.25. The lowest BCUT2D eigenvalue weighted by Gasteiger charge is -2.10. The first kappa shape index (κ1) is 17.2. The minimum absolute atomic E-state index is 0.0900. The Balaban J connectivity index is 1.98. The average molecular weight is 328 g/mol. The second kappa shape index (κ2) is 8.47. The predicted molar refractivity (Wildman–Crippen MR) is 89.8 cm³/mol. The van der Waals surface area contributed by atoms with Gasteiger partial charge in [0, 0.05) is 6.08 Å². The van der Waals surface area contributed by atoms with Crippen LogP contribution in [0.1, 0.15) is 12.0 Å². The van der Waals surface area contributed by atoms with Crippen LogP contribution in [0, 0.1) is 5.82 Å². The summed E-state index contributed by atoms with van der Waals surface area (Å²) in [5.74, 6) is -0.704. The van der Waals surface area contributed by atoms with Gasteiger partial charge in [0.05, 0.1) is 18.7 Å². The standard InChI is InChI=1S/C18H17FN2O3/c19-14-8-5-13(6-9-14)7-10-18(23)21-15-3-1-2-4-16(15)24-12-11-17(20)22/h1-10H,11-12H2,(H2,20,22)(H,21,23). The number of hydrogen-bond donors (Lipinski definition) is 2. The molecule has 124 valence electrons. The molecule has 6 heteroatoms. The number of hydrogen-bond acceptors (Lipinski definition) is 3. The Bertz CT molecular complexity index is 742. The molecule has 0 aromatic heterocycles. The van der Waals surface area contributed by atoms with Crippen LogP contribution in [-0.4, -0.2) is 18.4 Å². The number of halogens is 1. The first-order valence-electron chi connectivity index (χ1n) is 7.29. The topological polar surface area (TPSA) is 81.4 Å². The van der Waals surface area contributed by atoms with Crippen LogP contribution in [-0.2, 0) is 9.59 Å². The molecule has 0 aliphatic heterocycles.